The van der Waals surface area contributed by atoms with Crippen LogP contribution < -0.4 is 4.74 Å². The van der Waals surface area contributed by atoms with Gasteiger partial charge < -0.3 is 4.74 Å². The summed E-state index contributed by atoms with van der Waals surface area (Å²) in [6, 6.07) is 14.3. The molecule has 0 N–H and O–H groups in total. The average molecular weight is 306 g/mol. The molecule has 0 saturated heterocycles. The second-order valence-electron chi connectivity index (χ2n) is 4.12. The molecule has 0 aliphatic carbocycles. The van der Waals surface area contributed by atoms with Gasteiger partial charge in [0, 0.05) is 17.4 Å². The number of pyridine rings is 1. The summed E-state index contributed by atoms with van der Waals surface area (Å²) in [5.41, 5.74) is 3.26. The molecule has 0 unspecified atom stereocenters. The summed E-state index contributed by atoms with van der Waals surface area (Å²) in [5.74, 6) is 0.869. The normalized spacial score (nSPS) is 10.3. The maximum Gasteiger partial charge on any atom is 0.141 e. The SMILES string of the molecule is Cc1ccc(OCCc2ccccc2)c(CBr)n1. The zero-order chi connectivity index (χ0) is 12.8. The van der Waals surface area contributed by atoms with E-state index in [4.69, 9.17) is 4.74 Å². The van der Waals surface area contributed by atoms with Gasteiger partial charge in [-0.05, 0) is 24.6 Å². The molecular weight excluding hydrogens is 290 g/mol. The summed E-state index contributed by atoms with van der Waals surface area (Å²) in [5, 5.41) is 0.718. The molecule has 1 aromatic carbocycles. The molecule has 0 radical (unpaired) electrons. The molecule has 0 amide bonds. The van der Waals surface area contributed by atoms with Gasteiger partial charge in [0.15, 0.2) is 0 Å². The van der Waals surface area contributed by atoms with Crippen molar-refractivity contribution in [2.75, 3.05) is 6.61 Å². The van der Waals surface area contributed by atoms with Gasteiger partial charge in [-0.15, -0.1) is 0 Å². The number of ether oxygens (including phenoxy) is 1. The van der Waals surface area contributed by atoms with E-state index in [0.29, 0.717) is 6.61 Å². The molecule has 2 aromatic rings. The first-order chi connectivity index (χ1) is 8.79. The Morgan fingerprint density at radius 2 is 1.89 bits per heavy atom. The fraction of sp³-hybridized carbons (Fsp3) is 0.267. The van der Waals surface area contributed by atoms with Gasteiger partial charge in [-0.25, -0.2) is 0 Å². The Labute approximate surface area is 116 Å². The van der Waals surface area contributed by atoms with Crippen LogP contribution in [0.1, 0.15) is 17.0 Å². The lowest BCUT2D eigenvalue weighted by molar-refractivity contribution is 0.318. The van der Waals surface area contributed by atoms with Crippen molar-refractivity contribution in [1.82, 2.24) is 4.98 Å². The van der Waals surface area contributed by atoms with E-state index in [2.05, 4.69) is 33.0 Å². The zero-order valence-corrected chi connectivity index (χ0v) is 12.0. The highest BCUT2D eigenvalue weighted by Crippen LogP contribution is 2.19. The summed E-state index contributed by atoms with van der Waals surface area (Å²) in [7, 11) is 0. The van der Waals surface area contributed by atoms with E-state index in [1.165, 1.54) is 5.56 Å². The number of rotatable bonds is 5. The Morgan fingerprint density at radius 1 is 1.11 bits per heavy atom. The van der Waals surface area contributed by atoms with Crippen LogP contribution in [0.4, 0.5) is 0 Å². The van der Waals surface area contributed by atoms with Gasteiger partial charge in [0.25, 0.3) is 0 Å². The Morgan fingerprint density at radius 3 is 2.61 bits per heavy atom. The van der Waals surface area contributed by atoms with Crippen molar-refractivity contribution >= 4 is 15.9 Å². The van der Waals surface area contributed by atoms with Crippen LogP contribution in [-0.2, 0) is 11.8 Å². The maximum absolute atomic E-state index is 5.79. The Balaban J connectivity index is 1.94. The minimum absolute atomic E-state index is 0.675. The average Bonchev–Trinajstić information content (AvgIpc) is 2.41. The van der Waals surface area contributed by atoms with Crippen molar-refractivity contribution in [3.8, 4) is 5.75 Å². The second-order valence-corrected chi connectivity index (χ2v) is 4.68. The van der Waals surface area contributed by atoms with Crippen molar-refractivity contribution in [2.45, 2.75) is 18.7 Å². The van der Waals surface area contributed by atoms with Crippen LogP contribution in [-0.4, -0.2) is 11.6 Å². The second kappa shape index (κ2) is 6.55. The van der Waals surface area contributed by atoms with Gasteiger partial charge in [0.05, 0.1) is 12.3 Å². The lowest BCUT2D eigenvalue weighted by Gasteiger charge is -2.10. The standard InChI is InChI=1S/C15H16BrNO/c1-12-7-8-15(14(11-16)17-12)18-10-9-13-5-3-2-4-6-13/h2-8H,9-11H2,1H3. The van der Waals surface area contributed by atoms with Crippen molar-refractivity contribution in [2.24, 2.45) is 0 Å². The highest BCUT2D eigenvalue weighted by molar-refractivity contribution is 9.08. The Kier molecular flexibility index (Phi) is 4.76. The minimum Gasteiger partial charge on any atom is -0.491 e. The fourth-order valence-electron chi connectivity index (χ4n) is 1.75. The molecule has 0 spiro atoms. The number of hydrogen-bond acceptors (Lipinski definition) is 2. The number of aromatic nitrogens is 1. The van der Waals surface area contributed by atoms with Gasteiger partial charge in [0.1, 0.15) is 5.75 Å². The van der Waals surface area contributed by atoms with Crippen molar-refractivity contribution in [3.63, 3.8) is 0 Å². The maximum atomic E-state index is 5.79. The number of alkyl halides is 1. The first-order valence-corrected chi connectivity index (χ1v) is 7.11. The van der Waals surface area contributed by atoms with Crippen molar-refractivity contribution in [3.05, 3.63) is 59.4 Å². The molecule has 0 aliphatic heterocycles. The summed E-state index contributed by atoms with van der Waals surface area (Å²) >= 11 is 3.44. The first kappa shape index (κ1) is 13.1. The predicted octanol–water partition coefficient (Wildman–Crippen LogP) is 3.91. The largest absolute Gasteiger partial charge is 0.491 e. The molecule has 1 aromatic heterocycles. The molecule has 0 saturated carbocycles. The first-order valence-electron chi connectivity index (χ1n) is 5.99. The van der Waals surface area contributed by atoms with E-state index in [0.717, 1.165) is 28.9 Å². The van der Waals surface area contributed by atoms with E-state index in [9.17, 15) is 0 Å². The third-order valence-corrected chi connectivity index (χ3v) is 3.22. The number of halogens is 1. The molecule has 2 nitrogen and oxygen atoms in total. The smallest absolute Gasteiger partial charge is 0.141 e. The summed E-state index contributed by atoms with van der Waals surface area (Å²) in [6.07, 6.45) is 0.913. The van der Waals surface area contributed by atoms with Crippen LogP contribution in [0.3, 0.4) is 0 Å². The molecular formula is C15H16BrNO. The fourth-order valence-corrected chi connectivity index (χ4v) is 2.15. The van der Waals surface area contributed by atoms with Crippen LogP contribution in [0.5, 0.6) is 5.75 Å². The number of aryl methyl sites for hydroxylation is 1. The van der Waals surface area contributed by atoms with Gasteiger partial charge in [-0.2, -0.15) is 0 Å². The molecule has 0 atom stereocenters. The van der Waals surface area contributed by atoms with Gasteiger partial charge in [0.2, 0.25) is 0 Å². The highest BCUT2D eigenvalue weighted by atomic mass is 79.9. The quantitative estimate of drug-likeness (QED) is 0.782. The van der Waals surface area contributed by atoms with E-state index in [-0.39, 0.29) is 0 Å². The topological polar surface area (TPSA) is 22.1 Å². The van der Waals surface area contributed by atoms with Gasteiger partial charge in [-0.3, -0.25) is 4.98 Å². The molecule has 94 valence electrons. The zero-order valence-electron chi connectivity index (χ0n) is 10.4. The molecule has 0 fully saturated rings. The number of hydrogen-bond donors (Lipinski definition) is 0. The van der Waals surface area contributed by atoms with Crippen LogP contribution in [0.25, 0.3) is 0 Å². The molecule has 18 heavy (non-hydrogen) atoms. The lowest BCUT2D eigenvalue weighted by Crippen LogP contribution is -2.04. The number of benzene rings is 1. The Hall–Kier alpha value is -1.35. The third kappa shape index (κ3) is 3.57. The highest BCUT2D eigenvalue weighted by Gasteiger charge is 2.04. The van der Waals surface area contributed by atoms with Crippen molar-refractivity contribution < 1.29 is 4.74 Å². The monoisotopic (exact) mass is 305 g/mol. The van der Waals surface area contributed by atoms with Crippen LogP contribution >= 0.6 is 15.9 Å². The summed E-state index contributed by atoms with van der Waals surface area (Å²) < 4.78 is 5.79. The van der Waals surface area contributed by atoms with Gasteiger partial charge >= 0.3 is 0 Å². The van der Waals surface area contributed by atoms with E-state index >= 15 is 0 Å². The molecule has 3 heteroatoms. The van der Waals surface area contributed by atoms with E-state index in [1.54, 1.807) is 0 Å². The molecule has 0 aliphatic rings. The van der Waals surface area contributed by atoms with E-state index < -0.39 is 0 Å². The minimum atomic E-state index is 0.675. The molecule has 2 rings (SSSR count). The Bertz CT molecular complexity index is 499. The third-order valence-electron chi connectivity index (χ3n) is 2.69. The predicted molar refractivity (Wildman–Crippen MR) is 77.2 cm³/mol. The summed E-state index contributed by atoms with van der Waals surface area (Å²) in [4.78, 5) is 4.45. The van der Waals surface area contributed by atoms with E-state index in [1.807, 2.05) is 37.3 Å². The molecule has 1 heterocycles. The molecule has 0 bridgehead atoms. The lowest BCUT2D eigenvalue weighted by atomic mass is 10.2. The van der Waals surface area contributed by atoms with Crippen LogP contribution in [0.15, 0.2) is 42.5 Å². The number of nitrogens with zero attached hydrogens (tertiary/aromatic N) is 1. The van der Waals surface area contributed by atoms with Gasteiger partial charge in [-0.1, -0.05) is 46.3 Å². The van der Waals surface area contributed by atoms with Crippen LogP contribution in [0, 0.1) is 6.92 Å². The van der Waals surface area contributed by atoms with Crippen molar-refractivity contribution in [1.29, 1.82) is 0 Å². The summed E-state index contributed by atoms with van der Waals surface area (Å²) in [6.45, 7) is 2.66. The van der Waals surface area contributed by atoms with Crippen LogP contribution in [0.2, 0.25) is 0 Å².